The summed E-state index contributed by atoms with van der Waals surface area (Å²) in [6.45, 7) is 7.67. The van der Waals surface area contributed by atoms with Crippen LogP contribution in [-0.4, -0.2) is 29.6 Å². The Morgan fingerprint density at radius 1 is 1.21 bits per heavy atom. The maximum absolute atomic E-state index is 4.64. The van der Waals surface area contributed by atoms with Gasteiger partial charge in [-0.3, -0.25) is 0 Å². The summed E-state index contributed by atoms with van der Waals surface area (Å²) in [6, 6.07) is 2.03. The quantitative estimate of drug-likeness (QED) is 0.884. The lowest BCUT2D eigenvalue weighted by Gasteiger charge is -2.21. The molecule has 4 nitrogen and oxygen atoms in total. The number of aromatic nitrogens is 2. The van der Waals surface area contributed by atoms with E-state index in [2.05, 4.69) is 34.0 Å². The minimum atomic E-state index is 0.710. The predicted molar refractivity (Wildman–Crippen MR) is 80.7 cm³/mol. The second kappa shape index (κ2) is 7.31. The van der Waals surface area contributed by atoms with Gasteiger partial charge >= 0.3 is 0 Å². The zero-order valence-electron chi connectivity index (χ0n) is 12.2. The molecular weight excluding hydrogens is 236 g/mol. The maximum Gasteiger partial charge on any atom is 0.224 e. The third-order valence-electron chi connectivity index (χ3n) is 3.58. The van der Waals surface area contributed by atoms with Gasteiger partial charge in [-0.15, -0.1) is 0 Å². The summed E-state index contributed by atoms with van der Waals surface area (Å²) in [5, 5.41) is 3.32. The molecule has 0 bridgehead atoms. The molecule has 1 aromatic heterocycles. The van der Waals surface area contributed by atoms with Crippen molar-refractivity contribution in [1.29, 1.82) is 0 Å². The predicted octanol–water partition coefficient (Wildman–Crippen LogP) is 3.32. The Hall–Kier alpha value is -1.32. The Bertz CT molecular complexity index is 370. The lowest BCUT2D eigenvalue weighted by atomic mass is 10.1. The van der Waals surface area contributed by atoms with Gasteiger partial charge in [-0.1, -0.05) is 26.7 Å². The Balaban J connectivity index is 1.93. The van der Waals surface area contributed by atoms with Gasteiger partial charge in [0.25, 0.3) is 0 Å². The van der Waals surface area contributed by atoms with Crippen LogP contribution in [0.15, 0.2) is 12.3 Å². The van der Waals surface area contributed by atoms with Crippen LogP contribution in [0.5, 0.6) is 0 Å². The highest BCUT2D eigenvalue weighted by molar-refractivity contribution is 5.42. The van der Waals surface area contributed by atoms with E-state index < -0.39 is 0 Å². The molecule has 0 saturated carbocycles. The first-order chi connectivity index (χ1) is 9.25. The van der Waals surface area contributed by atoms with Crippen LogP contribution in [0.4, 0.5) is 11.8 Å². The van der Waals surface area contributed by atoms with Crippen LogP contribution < -0.4 is 10.2 Å². The van der Waals surface area contributed by atoms with Crippen molar-refractivity contribution in [2.45, 2.75) is 46.0 Å². The molecule has 1 aliphatic heterocycles. The van der Waals surface area contributed by atoms with Gasteiger partial charge in [0.1, 0.15) is 5.82 Å². The smallest absolute Gasteiger partial charge is 0.224 e. The molecule has 2 rings (SSSR count). The van der Waals surface area contributed by atoms with Crippen molar-refractivity contribution >= 4 is 11.8 Å². The Labute approximate surface area is 116 Å². The summed E-state index contributed by atoms with van der Waals surface area (Å²) in [5.41, 5.74) is 0. The SMILES string of the molecule is CC(C)CCNc1nccc(N2CCCCCC2)n1. The van der Waals surface area contributed by atoms with Crippen molar-refractivity contribution in [3.05, 3.63) is 12.3 Å². The van der Waals surface area contributed by atoms with Crippen LogP contribution in [0.3, 0.4) is 0 Å². The monoisotopic (exact) mass is 262 g/mol. The van der Waals surface area contributed by atoms with Gasteiger partial charge in [0, 0.05) is 25.8 Å². The van der Waals surface area contributed by atoms with E-state index in [0.29, 0.717) is 5.92 Å². The standard InChI is InChI=1S/C15H26N4/c1-13(2)7-9-16-15-17-10-8-14(18-15)19-11-5-3-4-6-12-19/h8,10,13H,3-7,9,11-12H2,1-2H3,(H,16,17,18). The van der Waals surface area contributed by atoms with E-state index in [1.165, 1.54) is 25.7 Å². The summed E-state index contributed by atoms with van der Waals surface area (Å²) in [7, 11) is 0. The van der Waals surface area contributed by atoms with Crippen LogP contribution in [0.25, 0.3) is 0 Å². The van der Waals surface area contributed by atoms with Crippen molar-refractivity contribution in [1.82, 2.24) is 9.97 Å². The van der Waals surface area contributed by atoms with Crippen LogP contribution in [0.2, 0.25) is 0 Å². The molecular formula is C15H26N4. The van der Waals surface area contributed by atoms with Gasteiger partial charge in [-0.05, 0) is 31.2 Å². The van der Waals surface area contributed by atoms with Gasteiger partial charge in [-0.25, -0.2) is 4.98 Å². The average molecular weight is 262 g/mol. The molecule has 0 amide bonds. The van der Waals surface area contributed by atoms with E-state index in [4.69, 9.17) is 0 Å². The van der Waals surface area contributed by atoms with Gasteiger partial charge in [-0.2, -0.15) is 4.98 Å². The molecule has 1 aliphatic rings. The third-order valence-corrected chi connectivity index (χ3v) is 3.58. The second-order valence-electron chi connectivity index (χ2n) is 5.75. The molecule has 0 spiro atoms. The van der Waals surface area contributed by atoms with Crippen LogP contribution >= 0.6 is 0 Å². The van der Waals surface area contributed by atoms with E-state index in [1.807, 2.05) is 12.3 Å². The highest BCUT2D eigenvalue weighted by atomic mass is 15.2. The van der Waals surface area contributed by atoms with Crippen LogP contribution in [0.1, 0.15) is 46.0 Å². The van der Waals surface area contributed by atoms with Crippen molar-refractivity contribution in [2.24, 2.45) is 5.92 Å². The molecule has 1 saturated heterocycles. The van der Waals surface area contributed by atoms with Crippen LogP contribution in [0, 0.1) is 5.92 Å². The average Bonchev–Trinajstić information content (AvgIpc) is 2.67. The molecule has 1 aromatic rings. The molecule has 0 atom stereocenters. The molecule has 0 aromatic carbocycles. The first-order valence-corrected chi connectivity index (χ1v) is 7.57. The number of hydrogen-bond donors (Lipinski definition) is 1. The highest BCUT2D eigenvalue weighted by Gasteiger charge is 2.11. The number of rotatable bonds is 5. The number of anilines is 2. The first kappa shape index (κ1) is 14.1. The first-order valence-electron chi connectivity index (χ1n) is 7.57. The maximum atomic E-state index is 4.64. The summed E-state index contributed by atoms with van der Waals surface area (Å²) < 4.78 is 0. The van der Waals surface area contributed by atoms with Gasteiger partial charge in [0.15, 0.2) is 0 Å². The topological polar surface area (TPSA) is 41.1 Å². The summed E-state index contributed by atoms with van der Waals surface area (Å²) in [4.78, 5) is 11.3. The fraction of sp³-hybridized carbons (Fsp3) is 0.733. The van der Waals surface area contributed by atoms with E-state index >= 15 is 0 Å². The van der Waals surface area contributed by atoms with E-state index in [1.54, 1.807) is 0 Å². The molecule has 0 aliphatic carbocycles. The molecule has 2 heterocycles. The van der Waals surface area contributed by atoms with Gasteiger partial charge < -0.3 is 10.2 Å². The number of nitrogens with one attached hydrogen (secondary N) is 1. The van der Waals surface area contributed by atoms with Crippen molar-refractivity contribution in [3.63, 3.8) is 0 Å². The normalized spacial score (nSPS) is 16.5. The minimum Gasteiger partial charge on any atom is -0.356 e. The molecule has 0 radical (unpaired) electrons. The molecule has 4 heteroatoms. The number of hydrogen-bond acceptors (Lipinski definition) is 4. The summed E-state index contributed by atoms with van der Waals surface area (Å²) >= 11 is 0. The van der Waals surface area contributed by atoms with E-state index in [-0.39, 0.29) is 0 Å². The van der Waals surface area contributed by atoms with Crippen molar-refractivity contribution in [3.8, 4) is 0 Å². The van der Waals surface area contributed by atoms with Gasteiger partial charge in [0.2, 0.25) is 5.95 Å². The minimum absolute atomic E-state index is 0.710. The highest BCUT2D eigenvalue weighted by Crippen LogP contribution is 2.17. The Morgan fingerprint density at radius 2 is 1.95 bits per heavy atom. The van der Waals surface area contributed by atoms with E-state index in [9.17, 15) is 0 Å². The largest absolute Gasteiger partial charge is 0.356 e. The second-order valence-corrected chi connectivity index (χ2v) is 5.75. The molecule has 1 N–H and O–H groups in total. The summed E-state index contributed by atoms with van der Waals surface area (Å²) in [5.74, 6) is 2.55. The molecule has 0 unspecified atom stereocenters. The fourth-order valence-corrected chi connectivity index (χ4v) is 2.38. The van der Waals surface area contributed by atoms with Crippen LogP contribution in [-0.2, 0) is 0 Å². The van der Waals surface area contributed by atoms with Crippen molar-refractivity contribution in [2.75, 3.05) is 29.9 Å². The lowest BCUT2D eigenvalue weighted by molar-refractivity contribution is 0.606. The summed E-state index contributed by atoms with van der Waals surface area (Å²) in [6.07, 6.45) is 8.27. The third kappa shape index (κ3) is 4.69. The zero-order chi connectivity index (χ0) is 13.5. The van der Waals surface area contributed by atoms with Gasteiger partial charge in [0.05, 0.1) is 0 Å². The fourth-order valence-electron chi connectivity index (χ4n) is 2.38. The number of nitrogens with zero attached hydrogens (tertiary/aromatic N) is 3. The van der Waals surface area contributed by atoms with E-state index in [0.717, 1.165) is 37.8 Å². The Kier molecular flexibility index (Phi) is 5.43. The molecule has 19 heavy (non-hydrogen) atoms. The zero-order valence-corrected chi connectivity index (χ0v) is 12.2. The molecule has 1 fully saturated rings. The molecule has 106 valence electrons. The Morgan fingerprint density at radius 3 is 2.63 bits per heavy atom. The lowest BCUT2D eigenvalue weighted by Crippen LogP contribution is -2.25. The van der Waals surface area contributed by atoms with Crippen molar-refractivity contribution < 1.29 is 0 Å².